The summed E-state index contributed by atoms with van der Waals surface area (Å²) in [6, 6.07) is 1.29. The van der Waals surface area contributed by atoms with Gasteiger partial charge in [0.05, 0.1) is 24.9 Å². The fourth-order valence-electron chi connectivity index (χ4n) is 7.28. The number of hydrogen-bond donors (Lipinski definition) is 2. The van der Waals surface area contributed by atoms with Crippen molar-refractivity contribution in [2.45, 2.75) is 77.8 Å². The number of ether oxygens (including phenoxy) is 1. The normalized spacial score (nSPS) is 26.6. The molecule has 0 amide bonds. The molecule has 4 atom stereocenters. The van der Waals surface area contributed by atoms with Gasteiger partial charge in [0.15, 0.2) is 5.65 Å². The molecule has 6 nitrogen and oxygen atoms in total. The molecule has 3 aliphatic rings. The second kappa shape index (κ2) is 7.89. The van der Waals surface area contributed by atoms with Crippen molar-refractivity contribution in [1.82, 2.24) is 24.9 Å². The Morgan fingerprint density at radius 1 is 1.09 bits per heavy atom. The van der Waals surface area contributed by atoms with Crippen LogP contribution in [0.5, 0.6) is 0 Å². The highest BCUT2D eigenvalue weighted by atomic mass is 32.1. The minimum Gasteiger partial charge on any atom is -0.378 e. The third-order valence-corrected chi connectivity index (χ3v) is 10.6. The molecule has 7 heteroatoms. The predicted octanol–water partition coefficient (Wildman–Crippen LogP) is 5.86. The summed E-state index contributed by atoms with van der Waals surface area (Å²) in [6.07, 6.45) is 7.85. The first-order valence-electron chi connectivity index (χ1n) is 13.2. The molecule has 0 radical (unpaired) electrons. The van der Waals surface area contributed by atoms with Gasteiger partial charge in [-0.1, -0.05) is 13.8 Å². The van der Waals surface area contributed by atoms with Crippen LogP contribution in [0.3, 0.4) is 0 Å². The lowest BCUT2D eigenvalue weighted by atomic mass is 9.83. The summed E-state index contributed by atoms with van der Waals surface area (Å²) in [6.45, 7) is 13.2. The summed E-state index contributed by atoms with van der Waals surface area (Å²) in [5.41, 5.74) is 8.89. The average Bonchev–Trinajstić information content (AvgIpc) is 3.59. The van der Waals surface area contributed by atoms with Crippen LogP contribution in [0.1, 0.15) is 72.1 Å². The smallest absolute Gasteiger partial charge is 0.158 e. The number of nitrogens with zero attached hydrogens (tertiary/aromatic N) is 3. The van der Waals surface area contributed by atoms with Gasteiger partial charge in [0.1, 0.15) is 11.2 Å². The van der Waals surface area contributed by atoms with Gasteiger partial charge in [-0.05, 0) is 86.0 Å². The van der Waals surface area contributed by atoms with E-state index in [1.54, 1.807) is 11.2 Å². The van der Waals surface area contributed by atoms with Gasteiger partial charge in [-0.25, -0.2) is 9.50 Å². The number of fused-ring (bicyclic) bond motifs is 4. The molecular formula is C28H35N5OS. The maximum Gasteiger partial charge on any atom is 0.158 e. The Morgan fingerprint density at radius 3 is 2.60 bits per heavy atom. The van der Waals surface area contributed by atoms with Gasteiger partial charge >= 0.3 is 0 Å². The zero-order valence-corrected chi connectivity index (χ0v) is 22.1. The highest BCUT2D eigenvalue weighted by molar-refractivity contribution is 7.19. The van der Waals surface area contributed by atoms with E-state index in [-0.39, 0.29) is 0 Å². The molecule has 184 valence electrons. The van der Waals surface area contributed by atoms with Crippen LogP contribution < -0.4 is 5.32 Å². The Morgan fingerprint density at radius 2 is 1.91 bits per heavy atom. The van der Waals surface area contributed by atoms with E-state index in [1.165, 1.54) is 63.0 Å². The summed E-state index contributed by atoms with van der Waals surface area (Å²) >= 11 is 2.02. The van der Waals surface area contributed by atoms with Crippen LogP contribution in [-0.4, -0.2) is 44.9 Å². The molecule has 3 fully saturated rings. The summed E-state index contributed by atoms with van der Waals surface area (Å²) < 4.78 is 7.31. The van der Waals surface area contributed by atoms with Gasteiger partial charge in [-0.15, -0.1) is 11.3 Å². The molecule has 2 N–H and O–H groups in total. The monoisotopic (exact) mass is 489 g/mol. The largest absolute Gasteiger partial charge is 0.378 e. The van der Waals surface area contributed by atoms with Crippen LogP contribution in [-0.2, 0) is 4.74 Å². The molecule has 0 spiro atoms. The number of aromatic amines is 1. The summed E-state index contributed by atoms with van der Waals surface area (Å²) in [7, 11) is 0. The maximum atomic E-state index is 5.39. The molecule has 1 aliphatic heterocycles. The van der Waals surface area contributed by atoms with Crippen LogP contribution >= 0.6 is 11.3 Å². The number of nitrogens with one attached hydrogen (secondary N) is 2. The van der Waals surface area contributed by atoms with Gasteiger partial charge < -0.3 is 15.0 Å². The highest BCUT2D eigenvalue weighted by Crippen LogP contribution is 2.56. The van der Waals surface area contributed by atoms with Gasteiger partial charge in [-0.2, -0.15) is 5.10 Å². The minimum atomic E-state index is 0.435. The van der Waals surface area contributed by atoms with Crippen molar-refractivity contribution in [1.29, 1.82) is 0 Å². The van der Waals surface area contributed by atoms with E-state index in [0.717, 1.165) is 36.6 Å². The molecule has 4 aromatic rings. The summed E-state index contributed by atoms with van der Waals surface area (Å²) in [5.74, 6) is 2.80. The number of rotatable bonds is 5. The Balaban J connectivity index is 1.27. The number of pyridine rings is 1. The van der Waals surface area contributed by atoms with Crippen molar-refractivity contribution >= 4 is 27.2 Å². The molecule has 3 unspecified atom stereocenters. The first-order chi connectivity index (χ1) is 16.9. The van der Waals surface area contributed by atoms with E-state index in [1.807, 2.05) is 15.9 Å². The second-order valence-corrected chi connectivity index (χ2v) is 12.6. The topological polar surface area (TPSA) is 67.2 Å². The molecule has 1 saturated heterocycles. The molecular weight excluding hydrogens is 454 g/mol. The third-order valence-electron chi connectivity index (χ3n) is 9.22. The molecule has 2 saturated carbocycles. The van der Waals surface area contributed by atoms with E-state index in [0.29, 0.717) is 18.0 Å². The maximum absolute atomic E-state index is 5.39. The molecule has 4 aromatic heterocycles. The van der Waals surface area contributed by atoms with E-state index >= 15 is 0 Å². The van der Waals surface area contributed by atoms with Crippen molar-refractivity contribution in [3.8, 4) is 11.3 Å². The van der Waals surface area contributed by atoms with Gasteiger partial charge in [0, 0.05) is 28.1 Å². The lowest BCUT2D eigenvalue weighted by Gasteiger charge is -2.35. The third kappa shape index (κ3) is 3.20. The van der Waals surface area contributed by atoms with E-state index in [2.05, 4.69) is 61.2 Å². The minimum absolute atomic E-state index is 0.435. The number of aromatic nitrogens is 4. The van der Waals surface area contributed by atoms with Crippen LogP contribution in [0.2, 0.25) is 0 Å². The second-order valence-electron chi connectivity index (χ2n) is 11.5. The Hall–Kier alpha value is -2.22. The SMILES string of the molecule is Cc1c(-c2[nH]c3sc(C4C[C@@H]5CC4CC5NC4COC4)c(C)c3c2C(C)C)cn2ncnc2c1C. The van der Waals surface area contributed by atoms with E-state index in [9.17, 15) is 0 Å². The van der Waals surface area contributed by atoms with Crippen LogP contribution in [0, 0.1) is 32.6 Å². The van der Waals surface area contributed by atoms with Crippen molar-refractivity contribution in [2.24, 2.45) is 11.8 Å². The molecule has 7 rings (SSSR count). The summed E-state index contributed by atoms with van der Waals surface area (Å²) in [5, 5.41) is 9.80. The number of hydrogen-bond acceptors (Lipinski definition) is 5. The number of aryl methyl sites for hydroxylation is 2. The van der Waals surface area contributed by atoms with Gasteiger partial charge in [-0.3, -0.25) is 0 Å². The van der Waals surface area contributed by atoms with E-state index in [4.69, 9.17) is 4.74 Å². The lowest BCUT2D eigenvalue weighted by Crippen LogP contribution is -2.52. The first-order valence-corrected chi connectivity index (χ1v) is 14.0. The molecule has 5 heterocycles. The lowest BCUT2D eigenvalue weighted by molar-refractivity contribution is -0.0131. The Kier molecular flexibility index (Phi) is 4.96. The zero-order chi connectivity index (χ0) is 24.0. The Bertz CT molecular complexity index is 1440. The molecule has 2 bridgehead atoms. The molecule has 0 aromatic carbocycles. The van der Waals surface area contributed by atoms with Gasteiger partial charge in [0.25, 0.3) is 0 Å². The molecule has 2 aliphatic carbocycles. The van der Waals surface area contributed by atoms with Crippen LogP contribution in [0.25, 0.3) is 27.1 Å². The average molecular weight is 490 g/mol. The standard InChI is InChI=1S/C28H35N5OS/c1-13(2)23-24-16(5)26(20-7-18-6-17(20)8-22(18)31-19-10-34-11-19)35-28(24)32-25(23)21-9-33-27(29-12-30-33)15(4)14(21)3/h9,12-13,17-20,22,31-32H,6-8,10-11H2,1-5H3/t17?,18-,20?,22?/m0/s1. The highest BCUT2D eigenvalue weighted by Gasteiger charge is 2.48. The molecule has 35 heavy (non-hydrogen) atoms. The summed E-state index contributed by atoms with van der Waals surface area (Å²) in [4.78, 5) is 11.3. The predicted molar refractivity (Wildman–Crippen MR) is 142 cm³/mol. The number of H-pyrrole nitrogens is 1. The van der Waals surface area contributed by atoms with Gasteiger partial charge in [0.2, 0.25) is 0 Å². The number of thiophene rings is 1. The van der Waals surface area contributed by atoms with Crippen LogP contribution in [0.4, 0.5) is 0 Å². The Labute approximate surface area is 210 Å². The van der Waals surface area contributed by atoms with Crippen molar-refractivity contribution < 1.29 is 4.74 Å². The van der Waals surface area contributed by atoms with Crippen molar-refractivity contribution in [3.63, 3.8) is 0 Å². The first kappa shape index (κ1) is 22.0. The fourth-order valence-corrected chi connectivity index (χ4v) is 8.72. The van der Waals surface area contributed by atoms with Crippen molar-refractivity contribution in [2.75, 3.05) is 13.2 Å². The zero-order valence-electron chi connectivity index (χ0n) is 21.3. The van der Waals surface area contributed by atoms with Crippen LogP contribution in [0.15, 0.2) is 12.5 Å². The van der Waals surface area contributed by atoms with Crippen molar-refractivity contribution in [3.05, 3.63) is 39.7 Å². The van der Waals surface area contributed by atoms with E-state index < -0.39 is 0 Å². The quantitative estimate of drug-likeness (QED) is 0.369. The fraction of sp³-hybridized carbons (Fsp3) is 0.571.